The van der Waals surface area contributed by atoms with Crippen molar-refractivity contribution in [1.82, 2.24) is 10.2 Å². The lowest BCUT2D eigenvalue weighted by molar-refractivity contribution is -0.127. The van der Waals surface area contributed by atoms with Crippen molar-refractivity contribution in [3.05, 3.63) is 56.8 Å². The molecule has 1 fully saturated rings. The van der Waals surface area contributed by atoms with E-state index in [0.29, 0.717) is 36.0 Å². The summed E-state index contributed by atoms with van der Waals surface area (Å²) in [6.07, 6.45) is 1.55. The standard InChI is InChI=1S/C23H24IN3O5/c1-4-31-19-12-15(10-17(24)21(19)32-5-2)11-18-22(29)27(23(30)26-18)13-20(28)25-16-8-6-14(3)7-9-16/h6-12H,4-5,13H2,1-3H3,(H,25,28)(H,26,30)/b18-11+. The molecule has 2 N–H and O–H groups in total. The topological polar surface area (TPSA) is 97.0 Å². The summed E-state index contributed by atoms with van der Waals surface area (Å²) in [5.74, 6) is 0.149. The molecule has 2 aromatic rings. The van der Waals surface area contributed by atoms with Gasteiger partial charge in [-0.15, -0.1) is 0 Å². The average molecular weight is 549 g/mol. The number of hydrogen-bond donors (Lipinski definition) is 2. The molecule has 3 rings (SSSR count). The number of imide groups is 1. The first-order chi connectivity index (χ1) is 15.3. The van der Waals surface area contributed by atoms with Gasteiger partial charge in [0.15, 0.2) is 11.5 Å². The molecule has 1 saturated heterocycles. The number of amides is 4. The van der Waals surface area contributed by atoms with E-state index in [2.05, 4.69) is 33.2 Å². The summed E-state index contributed by atoms with van der Waals surface area (Å²) in [7, 11) is 0. The van der Waals surface area contributed by atoms with Gasteiger partial charge in [0.25, 0.3) is 5.91 Å². The van der Waals surface area contributed by atoms with Crippen molar-refractivity contribution in [2.45, 2.75) is 20.8 Å². The molecule has 1 heterocycles. The molecule has 1 aliphatic heterocycles. The van der Waals surface area contributed by atoms with Gasteiger partial charge in [-0.05, 0) is 79.3 Å². The summed E-state index contributed by atoms with van der Waals surface area (Å²) >= 11 is 2.13. The highest BCUT2D eigenvalue weighted by molar-refractivity contribution is 14.1. The second kappa shape index (κ2) is 10.5. The van der Waals surface area contributed by atoms with E-state index >= 15 is 0 Å². The third-order valence-corrected chi connectivity index (χ3v) is 5.33. The Morgan fingerprint density at radius 2 is 1.81 bits per heavy atom. The van der Waals surface area contributed by atoms with Gasteiger partial charge in [0.1, 0.15) is 12.2 Å². The molecule has 0 saturated carbocycles. The fourth-order valence-corrected chi connectivity index (χ4v) is 3.86. The van der Waals surface area contributed by atoms with Crippen LogP contribution in [0.3, 0.4) is 0 Å². The number of halogens is 1. The average Bonchev–Trinajstić information content (AvgIpc) is 3.00. The number of aryl methyl sites for hydroxylation is 1. The minimum Gasteiger partial charge on any atom is -0.490 e. The molecule has 168 valence electrons. The van der Waals surface area contributed by atoms with Gasteiger partial charge in [0.05, 0.1) is 16.8 Å². The minimum absolute atomic E-state index is 0.0838. The van der Waals surface area contributed by atoms with E-state index in [-0.39, 0.29) is 12.2 Å². The molecule has 2 aromatic carbocycles. The van der Waals surface area contributed by atoms with Crippen LogP contribution in [0.5, 0.6) is 11.5 Å². The Morgan fingerprint density at radius 1 is 1.12 bits per heavy atom. The summed E-state index contributed by atoms with van der Waals surface area (Å²) < 4.78 is 12.1. The van der Waals surface area contributed by atoms with Crippen LogP contribution in [0.15, 0.2) is 42.1 Å². The normalized spacial score (nSPS) is 14.5. The van der Waals surface area contributed by atoms with Crippen LogP contribution >= 0.6 is 22.6 Å². The number of nitrogens with zero attached hydrogens (tertiary/aromatic N) is 1. The quantitative estimate of drug-likeness (QED) is 0.296. The molecule has 32 heavy (non-hydrogen) atoms. The van der Waals surface area contributed by atoms with Crippen LogP contribution in [0, 0.1) is 10.5 Å². The van der Waals surface area contributed by atoms with E-state index in [4.69, 9.17) is 9.47 Å². The zero-order chi connectivity index (χ0) is 23.3. The molecule has 4 amide bonds. The predicted molar refractivity (Wildman–Crippen MR) is 130 cm³/mol. The lowest BCUT2D eigenvalue weighted by atomic mass is 10.1. The Hall–Kier alpha value is -3.08. The van der Waals surface area contributed by atoms with Gasteiger partial charge in [0, 0.05) is 5.69 Å². The van der Waals surface area contributed by atoms with Crippen LogP contribution in [0.25, 0.3) is 6.08 Å². The Balaban J connectivity index is 1.76. The number of anilines is 1. The Labute approximate surface area is 200 Å². The number of hydrogen-bond acceptors (Lipinski definition) is 5. The Kier molecular flexibility index (Phi) is 7.73. The second-order valence-electron chi connectivity index (χ2n) is 6.99. The molecule has 0 aliphatic carbocycles. The Bertz CT molecular complexity index is 1070. The first-order valence-electron chi connectivity index (χ1n) is 10.1. The van der Waals surface area contributed by atoms with E-state index < -0.39 is 17.8 Å². The maximum atomic E-state index is 12.8. The van der Waals surface area contributed by atoms with Crippen molar-refractivity contribution >= 4 is 52.2 Å². The molecule has 0 unspecified atom stereocenters. The highest BCUT2D eigenvalue weighted by Crippen LogP contribution is 2.35. The number of urea groups is 1. The number of benzene rings is 2. The largest absolute Gasteiger partial charge is 0.490 e. The fourth-order valence-electron chi connectivity index (χ4n) is 3.08. The molecular formula is C23H24IN3O5. The molecule has 0 spiro atoms. The zero-order valence-corrected chi connectivity index (χ0v) is 20.2. The molecule has 0 radical (unpaired) electrons. The molecule has 0 atom stereocenters. The number of rotatable bonds is 8. The highest BCUT2D eigenvalue weighted by atomic mass is 127. The molecular weight excluding hydrogens is 525 g/mol. The van der Waals surface area contributed by atoms with Crippen molar-refractivity contribution in [1.29, 1.82) is 0 Å². The number of ether oxygens (including phenoxy) is 2. The predicted octanol–water partition coefficient (Wildman–Crippen LogP) is 3.93. The van der Waals surface area contributed by atoms with Gasteiger partial charge in [-0.2, -0.15) is 0 Å². The maximum absolute atomic E-state index is 12.8. The lowest BCUT2D eigenvalue weighted by Crippen LogP contribution is -2.38. The number of nitrogens with one attached hydrogen (secondary N) is 2. The highest BCUT2D eigenvalue weighted by Gasteiger charge is 2.35. The van der Waals surface area contributed by atoms with Crippen molar-refractivity contribution in [3.8, 4) is 11.5 Å². The third kappa shape index (κ3) is 5.58. The molecule has 9 heteroatoms. The first-order valence-corrected chi connectivity index (χ1v) is 11.2. The molecule has 8 nitrogen and oxygen atoms in total. The van der Waals surface area contributed by atoms with Crippen molar-refractivity contribution in [2.75, 3.05) is 25.1 Å². The van der Waals surface area contributed by atoms with E-state index in [9.17, 15) is 14.4 Å². The summed E-state index contributed by atoms with van der Waals surface area (Å²) in [4.78, 5) is 38.3. The van der Waals surface area contributed by atoms with Crippen LogP contribution in [0.4, 0.5) is 10.5 Å². The summed E-state index contributed by atoms with van der Waals surface area (Å²) in [6, 6.07) is 10.2. The van der Waals surface area contributed by atoms with Gasteiger partial charge < -0.3 is 20.1 Å². The first kappa shape index (κ1) is 23.6. The van der Waals surface area contributed by atoms with Crippen molar-refractivity contribution < 1.29 is 23.9 Å². The number of carbonyl (C=O) groups is 3. The second-order valence-corrected chi connectivity index (χ2v) is 8.15. The van der Waals surface area contributed by atoms with Crippen LogP contribution < -0.4 is 20.1 Å². The molecule has 0 bridgehead atoms. The maximum Gasteiger partial charge on any atom is 0.329 e. The fraction of sp³-hybridized carbons (Fsp3) is 0.261. The van der Waals surface area contributed by atoms with Crippen molar-refractivity contribution in [3.63, 3.8) is 0 Å². The van der Waals surface area contributed by atoms with Crippen LogP contribution in [-0.4, -0.2) is 42.5 Å². The summed E-state index contributed by atoms with van der Waals surface area (Å²) in [5.41, 5.74) is 2.40. The van der Waals surface area contributed by atoms with Gasteiger partial charge >= 0.3 is 6.03 Å². The van der Waals surface area contributed by atoms with Gasteiger partial charge in [-0.25, -0.2) is 9.69 Å². The van der Waals surface area contributed by atoms with Gasteiger partial charge in [-0.3, -0.25) is 9.59 Å². The summed E-state index contributed by atoms with van der Waals surface area (Å²) in [6.45, 7) is 6.25. The van der Waals surface area contributed by atoms with E-state index in [1.807, 2.05) is 39.0 Å². The SMILES string of the molecule is CCOc1cc(/C=C2/NC(=O)N(CC(=O)Nc3ccc(C)cc3)C2=O)cc(I)c1OCC. The summed E-state index contributed by atoms with van der Waals surface area (Å²) in [5, 5.41) is 5.22. The van der Waals surface area contributed by atoms with Crippen LogP contribution in [0.2, 0.25) is 0 Å². The monoisotopic (exact) mass is 549 g/mol. The van der Waals surface area contributed by atoms with Gasteiger partial charge in [0.2, 0.25) is 5.91 Å². The third-order valence-electron chi connectivity index (χ3n) is 4.53. The van der Waals surface area contributed by atoms with E-state index in [1.54, 1.807) is 24.3 Å². The molecule has 0 aromatic heterocycles. The van der Waals surface area contributed by atoms with Crippen LogP contribution in [0.1, 0.15) is 25.0 Å². The van der Waals surface area contributed by atoms with E-state index in [0.717, 1.165) is 14.0 Å². The number of carbonyl (C=O) groups excluding carboxylic acids is 3. The molecule has 1 aliphatic rings. The zero-order valence-electron chi connectivity index (χ0n) is 18.0. The van der Waals surface area contributed by atoms with Crippen LogP contribution in [-0.2, 0) is 9.59 Å². The van der Waals surface area contributed by atoms with Crippen molar-refractivity contribution in [2.24, 2.45) is 0 Å². The van der Waals surface area contributed by atoms with Gasteiger partial charge in [-0.1, -0.05) is 17.7 Å². The Morgan fingerprint density at radius 3 is 2.47 bits per heavy atom. The lowest BCUT2D eigenvalue weighted by Gasteiger charge is -2.14. The minimum atomic E-state index is -0.647. The van der Waals surface area contributed by atoms with E-state index in [1.165, 1.54) is 0 Å². The smallest absolute Gasteiger partial charge is 0.329 e.